The molecule has 0 N–H and O–H groups in total. The summed E-state index contributed by atoms with van der Waals surface area (Å²) in [5, 5.41) is 0. The maximum absolute atomic E-state index is 5.48. The van der Waals surface area contributed by atoms with Crippen LogP contribution >= 0.6 is 11.6 Å². The summed E-state index contributed by atoms with van der Waals surface area (Å²) in [6.45, 7) is 0. The van der Waals surface area contributed by atoms with E-state index >= 15 is 0 Å². The Balaban J connectivity index is 2.87. The predicted molar refractivity (Wildman–Crippen MR) is 38.1 cm³/mol. The lowest BCUT2D eigenvalue weighted by atomic mass is 10.6. The zero-order valence-corrected chi connectivity index (χ0v) is 6.30. The summed E-state index contributed by atoms with van der Waals surface area (Å²) in [4.78, 5) is 7.83. The van der Waals surface area contributed by atoms with E-state index in [2.05, 4.69) is 9.97 Å². The third-order valence-corrected chi connectivity index (χ3v) is 1.25. The summed E-state index contributed by atoms with van der Waals surface area (Å²) in [5.41, 5.74) is 0. The molecule has 4 heteroatoms. The maximum atomic E-state index is 5.48. The molecule has 0 aliphatic heterocycles. The van der Waals surface area contributed by atoms with Crippen LogP contribution in [0.15, 0.2) is 12.3 Å². The molecule has 54 valence electrons. The summed E-state index contributed by atoms with van der Waals surface area (Å²) in [6, 6.07) is 1.68. The van der Waals surface area contributed by atoms with E-state index in [1.807, 2.05) is 0 Å². The lowest BCUT2D eigenvalue weighted by Gasteiger charge is -1.97. The average molecular weight is 159 g/mol. The van der Waals surface area contributed by atoms with Crippen LogP contribution in [0.3, 0.4) is 0 Å². The molecular weight excluding hydrogens is 152 g/mol. The number of alkyl halides is 1. The van der Waals surface area contributed by atoms with Crippen LogP contribution in [-0.4, -0.2) is 17.1 Å². The van der Waals surface area contributed by atoms with Gasteiger partial charge in [0.1, 0.15) is 5.82 Å². The number of nitrogens with zero attached hydrogens (tertiary/aromatic N) is 2. The molecule has 0 aliphatic carbocycles. The molecule has 0 atom stereocenters. The van der Waals surface area contributed by atoms with Crippen LogP contribution in [0, 0.1) is 0 Å². The van der Waals surface area contributed by atoms with Gasteiger partial charge in [0.05, 0.1) is 13.0 Å². The number of ether oxygens (including phenoxy) is 1. The van der Waals surface area contributed by atoms with Crippen molar-refractivity contribution in [1.82, 2.24) is 9.97 Å². The van der Waals surface area contributed by atoms with Crippen LogP contribution in [0.2, 0.25) is 0 Å². The molecule has 10 heavy (non-hydrogen) atoms. The molecular formula is C6H7ClN2O. The van der Waals surface area contributed by atoms with Crippen LogP contribution in [0.1, 0.15) is 5.82 Å². The number of rotatable bonds is 2. The molecule has 1 aromatic rings. The van der Waals surface area contributed by atoms with E-state index in [4.69, 9.17) is 16.3 Å². The van der Waals surface area contributed by atoms with E-state index in [0.717, 1.165) is 0 Å². The Morgan fingerprint density at radius 3 is 3.10 bits per heavy atom. The van der Waals surface area contributed by atoms with E-state index in [1.165, 1.54) is 0 Å². The fraction of sp³-hybridized carbons (Fsp3) is 0.333. The van der Waals surface area contributed by atoms with Crippen molar-refractivity contribution in [1.29, 1.82) is 0 Å². The van der Waals surface area contributed by atoms with Gasteiger partial charge in [0.25, 0.3) is 0 Å². The predicted octanol–water partition coefficient (Wildman–Crippen LogP) is 1.22. The Labute approximate surface area is 64.0 Å². The summed E-state index contributed by atoms with van der Waals surface area (Å²) < 4.78 is 4.85. The molecule has 0 unspecified atom stereocenters. The third-order valence-electron chi connectivity index (χ3n) is 1.01. The first-order chi connectivity index (χ1) is 4.86. The van der Waals surface area contributed by atoms with Gasteiger partial charge in [-0.1, -0.05) is 0 Å². The van der Waals surface area contributed by atoms with Crippen LogP contribution in [0.4, 0.5) is 0 Å². The molecule has 0 fully saturated rings. The molecule has 1 heterocycles. The molecule has 0 spiro atoms. The molecule has 1 rings (SSSR count). The van der Waals surface area contributed by atoms with E-state index in [0.29, 0.717) is 17.6 Å². The molecule has 0 radical (unpaired) electrons. The second-order valence-electron chi connectivity index (χ2n) is 1.65. The zero-order valence-electron chi connectivity index (χ0n) is 5.54. The highest BCUT2D eigenvalue weighted by atomic mass is 35.5. The minimum absolute atomic E-state index is 0.317. The highest BCUT2D eigenvalue weighted by molar-refractivity contribution is 6.16. The van der Waals surface area contributed by atoms with Crippen molar-refractivity contribution in [3.05, 3.63) is 18.1 Å². The molecule has 0 saturated carbocycles. The minimum Gasteiger partial charge on any atom is -0.481 e. The Kier molecular flexibility index (Phi) is 2.45. The summed E-state index contributed by atoms with van der Waals surface area (Å²) in [5.74, 6) is 1.45. The van der Waals surface area contributed by atoms with Gasteiger partial charge in [-0.25, -0.2) is 4.98 Å². The van der Waals surface area contributed by atoms with Crippen molar-refractivity contribution < 1.29 is 4.74 Å². The van der Waals surface area contributed by atoms with Gasteiger partial charge in [-0.2, -0.15) is 4.98 Å². The number of hydrogen-bond acceptors (Lipinski definition) is 3. The van der Waals surface area contributed by atoms with Gasteiger partial charge < -0.3 is 4.74 Å². The van der Waals surface area contributed by atoms with Crippen molar-refractivity contribution in [3.63, 3.8) is 0 Å². The molecule has 0 bridgehead atoms. The largest absolute Gasteiger partial charge is 0.481 e. The van der Waals surface area contributed by atoms with Gasteiger partial charge in [-0.15, -0.1) is 11.6 Å². The number of halogens is 1. The van der Waals surface area contributed by atoms with E-state index in [9.17, 15) is 0 Å². The number of hydrogen-bond donors (Lipinski definition) is 0. The first kappa shape index (κ1) is 7.28. The standard InChI is InChI=1S/C6H7ClN2O/c1-10-6-2-3-8-5(4-7)9-6/h2-3H,4H2,1H3. The third kappa shape index (κ3) is 1.57. The zero-order chi connectivity index (χ0) is 7.40. The molecule has 1 aromatic heterocycles. The average Bonchev–Trinajstić information content (AvgIpc) is 2.05. The minimum atomic E-state index is 0.317. The SMILES string of the molecule is COc1ccnc(CCl)n1. The van der Waals surface area contributed by atoms with Crippen molar-refractivity contribution >= 4 is 11.6 Å². The van der Waals surface area contributed by atoms with Crippen molar-refractivity contribution in [3.8, 4) is 5.88 Å². The van der Waals surface area contributed by atoms with Crippen LogP contribution in [0.25, 0.3) is 0 Å². The molecule has 0 amide bonds. The van der Waals surface area contributed by atoms with Crippen LogP contribution in [0.5, 0.6) is 5.88 Å². The van der Waals surface area contributed by atoms with E-state index in [1.54, 1.807) is 19.4 Å². The van der Waals surface area contributed by atoms with E-state index < -0.39 is 0 Å². The monoisotopic (exact) mass is 158 g/mol. The molecule has 3 nitrogen and oxygen atoms in total. The highest BCUT2D eigenvalue weighted by Crippen LogP contribution is 2.04. The molecule has 0 aliphatic rings. The Bertz CT molecular complexity index is 197. The topological polar surface area (TPSA) is 35.0 Å². The molecule has 0 saturated heterocycles. The second-order valence-corrected chi connectivity index (χ2v) is 1.92. The summed E-state index contributed by atoms with van der Waals surface area (Å²) >= 11 is 5.48. The molecule has 0 aromatic carbocycles. The van der Waals surface area contributed by atoms with Crippen LogP contribution < -0.4 is 4.74 Å². The first-order valence-electron chi connectivity index (χ1n) is 2.78. The first-order valence-corrected chi connectivity index (χ1v) is 3.32. The van der Waals surface area contributed by atoms with Crippen LogP contribution in [-0.2, 0) is 5.88 Å². The Morgan fingerprint density at radius 1 is 1.70 bits per heavy atom. The van der Waals surface area contributed by atoms with Gasteiger partial charge >= 0.3 is 0 Å². The van der Waals surface area contributed by atoms with Gasteiger partial charge in [-0.3, -0.25) is 0 Å². The Hall–Kier alpha value is -0.830. The van der Waals surface area contributed by atoms with E-state index in [-0.39, 0.29) is 0 Å². The van der Waals surface area contributed by atoms with Gasteiger partial charge in [-0.05, 0) is 0 Å². The number of methoxy groups -OCH3 is 1. The maximum Gasteiger partial charge on any atom is 0.216 e. The van der Waals surface area contributed by atoms with Crippen molar-refractivity contribution in [2.45, 2.75) is 5.88 Å². The van der Waals surface area contributed by atoms with Gasteiger partial charge in [0.2, 0.25) is 5.88 Å². The smallest absolute Gasteiger partial charge is 0.216 e. The van der Waals surface area contributed by atoms with Crippen molar-refractivity contribution in [2.75, 3.05) is 7.11 Å². The lowest BCUT2D eigenvalue weighted by molar-refractivity contribution is 0.395. The Morgan fingerprint density at radius 2 is 2.50 bits per heavy atom. The van der Waals surface area contributed by atoms with Crippen molar-refractivity contribution in [2.24, 2.45) is 0 Å². The normalized spacial score (nSPS) is 9.40. The van der Waals surface area contributed by atoms with Gasteiger partial charge in [0.15, 0.2) is 0 Å². The van der Waals surface area contributed by atoms with Gasteiger partial charge in [0, 0.05) is 12.3 Å². The fourth-order valence-electron chi connectivity index (χ4n) is 0.558. The summed E-state index contributed by atoms with van der Waals surface area (Å²) in [6.07, 6.45) is 1.61. The quantitative estimate of drug-likeness (QED) is 0.608. The second kappa shape index (κ2) is 3.37. The fourth-order valence-corrected chi connectivity index (χ4v) is 0.687. The highest BCUT2D eigenvalue weighted by Gasteiger charge is 1.94. The lowest BCUT2D eigenvalue weighted by Crippen LogP contribution is -1.93. The summed E-state index contributed by atoms with van der Waals surface area (Å²) in [7, 11) is 1.56. The number of aromatic nitrogens is 2.